The highest BCUT2D eigenvalue weighted by Gasteiger charge is 2.59. The monoisotopic (exact) mass is 411 g/mol. The summed E-state index contributed by atoms with van der Waals surface area (Å²) >= 11 is 1.72. The van der Waals surface area contributed by atoms with Gasteiger partial charge in [-0.2, -0.15) is 0 Å². The number of ether oxygens (including phenoxy) is 2. The Balaban J connectivity index is 1.27. The van der Waals surface area contributed by atoms with E-state index in [2.05, 4.69) is 54.9 Å². The van der Waals surface area contributed by atoms with Crippen LogP contribution in [0.25, 0.3) is 0 Å². The van der Waals surface area contributed by atoms with Crippen LogP contribution in [0.2, 0.25) is 0 Å². The number of hydrogen-bond acceptors (Lipinski definition) is 4. The van der Waals surface area contributed by atoms with Crippen LogP contribution in [-0.4, -0.2) is 12.6 Å². The molecule has 4 aliphatic rings. The van der Waals surface area contributed by atoms with E-state index in [9.17, 15) is 0 Å². The summed E-state index contributed by atoms with van der Waals surface area (Å²) in [5.74, 6) is 2.56. The molecule has 3 nitrogen and oxygen atoms in total. The van der Waals surface area contributed by atoms with E-state index >= 15 is 0 Å². The van der Waals surface area contributed by atoms with Gasteiger partial charge in [0.1, 0.15) is 6.61 Å². The molecular weight excluding hydrogens is 378 g/mol. The number of rotatable bonds is 7. The van der Waals surface area contributed by atoms with Crippen molar-refractivity contribution in [2.24, 2.45) is 16.7 Å². The van der Waals surface area contributed by atoms with Gasteiger partial charge in [0.15, 0.2) is 11.5 Å². The number of thiophene rings is 1. The molecule has 2 aromatic rings. The lowest BCUT2D eigenvalue weighted by Crippen LogP contribution is -2.63. The average Bonchev–Trinajstić information content (AvgIpc) is 3.15. The number of nitrogens with one attached hydrogen (secondary N) is 1. The van der Waals surface area contributed by atoms with E-state index < -0.39 is 0 Å². The maximum atomic E-state index is 6.00. The van der Waals surface area contributed by atoms with E-state index in [1.165, 1.54) is 49.0 Å². The van der Waals surface area contributed by atoms with Gasteiger partial charge in [-0.25, -0.2) is 0 Å². The third kappa shape index (κ3) is 3.82. The third-order valence-corrected chi connectivity index (χ3v) is 8.32. The summed E-state index contributed by atoms with van der Waals surface area (Å²) in [6, 6.07) is 10.5. The molecule has 0 amide bonds. The third-order valence-electron chi connectivity index (χ3n) is 7.47. The molecule has 1 N–H and O–H groups in total. The first-order chi connectivity index (χ1) is 13.9. The van der Waals surface area contributed by atoms with Crippen LogP contribution in [0.5, 0.6) is 11.5 Å². The van der Waals surface area contributed by atoms with Gasteiger partial charge >= 0.3 is 0 Å². The standard InChI is InChI=1S/C25H33NO2S/c1-23-10-19-11-24(2,15-23)17-25(12-19,16-23)26-13-18-6-7-21(22(9-18)27-3)28-14-20-5-4-8-29-20/h4-9,19,26H,10-17H2,1-3H3. The van der Waals surface area contributed by atoms with Crippen molar-refractivity contribution in [3.63, 3.8) is 0 Å². The zero-order valence-electron chi connectivity index (χ0n) is 17.9. The van der Waals surface area contributed by atoms with Gasteiger partial charge in [-0.1, -0.05) is 26.0 Å². The van der Waals surface area contributed by atoms with Crippen molar-refractivity contribution >= 4 is 11.3 Å². The van der Waals surface area contributed by atoms with Crippen molar-refractivity contribution in [1.29, 1.82) is 0 Å². The maximum absolute atomic E-state index is 6.00. The largest absolute Gasteiger partial charge is 0.493 e. The van der Waals surface area contributed by atoms with Crippen LogP contribution < -0.4 is 14.8 Å². The molecule has 4 fully saturated rings. The number of benzene rings is 1. The molecule has 2 unspecified atom stereocenters. The highest BCUT2D eigenvalue weighted by molar-refractivity contribution is 7.09. The molecule has 1 aromatic heterocycles. The molecule has 1 aromatic carbocycles. The summed E-state index contributed by atoms with van der Waals surface area (Å²) in [5.41, 5.74) is 2.68. The van der Waals surface area contributed by atoms with Gasteiger partial charge in [0.2, 0.25) is 0 Å². The van der Waals surface area contributed by atoms with E-state index in [-0.39, 0.29) is 0 Å². The SMILES string of the molecule is COc1cc(CNC23CC4CC(C)(CC(C)(C4)C2)C3)ccc1OCc1cccs1. The van der Waals surface area contributed by atoms with Crippen molar-refractivity contribution in [2.45, 2.75) is 71.1 Å². The molecule has 4 heteroatoms. The highest BCUT2D eigenvalue weighted by Crippen LogP contribution is 2.66. The molecule has 0 radical (unpaired) electrons. The smallest absolute Gasteiger partial charge is 0.161 e. The summed E-state index contributed by atoms with van der Waals surface area (Å²) in [5, 5.41) is 6.10. The van der Waals surface area contributed by atoms with Crippen molar-refractivity contribution in [3.8, 4) is 11.5 Å². The lowest BCUT2D eigenvalue weighted by molar-refractivity contribution is -0.118. The molecule has 0 saturated heterocycles. The first-order valence-electron chi connectivity index (χ1n) is 11.0. The van der Waals surface area contributed by atoms with Gasteiger partial charge in [-0.3, -0.25) is 0 Å². The van der Waals surface area contributed by atoms with Crippen LogP contribution >= 0.6 is 11.3 Å². The minimum Gasteiger partial charge on any atom is -0.493 e. The van der Waals surface area contributed by atoms with Crippen molar-refractivity contribution in [2.75, 3.05) is 7.11 Å². The molecule has 2 atom stereocenters. The second kappa shape index (κ2) is 7.02. The van der Waals surface area contributed by atoms with Gasteiger partial charge in [0.05, 0.1) is 7.11 Å². The summed E-state index contributed by atoms with van der Waals surface area (Å²) < 4.78 is 11.6. The van der Waals surface area contributed by atoms with Crippen LogP contribution in [0.3, 0.4) is 0 Å². The first-order valence-corrected chi connectivity index (χ1v) is 11.8. The second-order valence-corrected chi connectivity index (χ2v) is 11.6. The summed E-state index contributed by atoms with van der Waals surface area (Å²) in [6.45, 7) is 6.57. The average molecular weight is 412 g/mol. The minimum atomic E-state index is 0.324. The zero-order chi connectivity index (χ0) is 20.1. The number of hydrogen-bond donors (Lipinski definition) is 1. The molecule has 0 spiro atoms. The fourth-order valence-corrected chi connectivity index (χ4v) is 8.04. The topological polar surface area (TPSA) is 30.5 Å². The normalized spacial score (nSPS) is 35.1. The van der Waals surface area contributed by atoms with Gasteiger partial charge < -0.3 is 14.8 Å². The second-order valence-electron chi connectivity index (χ2n) is 10.6. The minimum absolute atomic E-state index is 0.324. The molecule has 0 aliphatic heterocycles. The Labute approximate surface area is 178 Å². The number of methoxy groups -OCH3 is 1. The molecule has 4 saturated carbocycles. The Bertz CT molecular complexity index is 859. The quantitative estimate of drug-likeness (QED) is 0.590. The van der Waals surface area contributed by atoms with E-state index in [1.54, 1.807) is 18.4 Å². The van der Waals surface area contributed by atoms with Crippen LogP contribution in [0, 0.1) is 16.7 Å². The lowest BCUT2D eigenvalue weighted by Gasteiger charge is -2.65. The molecule has 4 bridgehead atoms. The highest BCUT2D eigenvalue weighted by atomic mass is 32.1. The Morgan fingerprint density at radius 1 is 1.03 bits per heavy atom. The Hall–Kier alpha value is -1.52. The van der Waals surface area contributed by atoms with E-state index in [0.29, 0.717) is 23.0 Å². The van der Waals surface area contributed by atoms with Crippen molar-refractivity contribution < 1.29 is 9.47 Å². The van der Waals surface area contributed by atoms with E-state index in [4.69, 9.17) is 9.47 Å². The molecule has 6 rings (SSSR count). The van der Waals surface area contributed by atoms with Gasteiger partial charge in [-0.05, 0) is 84.4 Å². The van der Waals surface area contributed by atoms with Crippen LogP contribution in [0.1, 0.15) is 62.8 Å². The summed E-state index contributed by atoms with van der Waals surface area (Å²) in [6.07, 6.45) is 8.34. The predicted molar refractivity (Wildman–Crippen MR) is 119 cm³/mol. The molecule has 156 valence electrons. The van der Waals surface area contributed by atoms with Gasteiger partial charge in [0, 0.05) is 17.0 Å². The van der Waals surface area contributed by atoms with Gasteiger partial charge in [-0.15, -0.1) is 11.3 Å². The van der Waals surface area contributed by atoms with Crippen LogP contribution in [0.15, 0.2) is 35.7 Å². The molecule has 29 heavy (non-hydrogen) atoms. The fraction of sp³-hybridized carbons (Fsp3) is 0.600. The van der Waals surface area contributed by atoms with E-state index in [0.717, 1.165) is 24.0 Å². The Morgan fingerprint density at radius 3 is 2.48 bits per heavy atom. The van der Waals surface area contributed by atoms with Crippen LogP contribution in [-0.2, 0) is 13.2 Å². The van der Waals surface area contributed by atoms with Crippen LogP contribution in [0.4, 0.5) is 0 Å². The first kappa shape index (κ1) is 19.4. The summed E-state index contributed by atoms with van der Waals surface area (Å²) in [7, 11) is 1.73. The predicted octanol–water partition coefficient (Wildman–Crippen LogP) is 6.17. The fourth-order valence-electron chi connectivity index (χ4n) is 7.42. The zero-order valence-corrected chi connectivity index (χ0v) is 18.7. The molecule has 4 aliphatic carbocycles. The van der Waals surface area contributed by atoms with Crippen molar-refractivity contribution in [1.82, 2.24) is 5.32 Å². The van der Waals surface area contributed by atoms with Crippen molar-refractivity contribution in [3.05, 3.63) is 46.2 Å². The van der Waals surface area contributed by atoms with Gasteiger partial charge in [0.25, 0.3) is 0 Å². The van der Waals surface area contributed by atoms with E-state index in [1.807, 2.05) is 0 Å². The Kier molecular flexibility index (Phi) is 4.71. The Morgan fingerprint density at radius 2 is 1.83 bits per heavy atom. The summed E-state index contributed by atoms with van der Waals surface area (Å²) in [4.78, 5) is 1.22. The molecular formula is C25H33NO2S. The molecule has 1 heterocycles. The maximum Gasteiger partial charge on any atom is 0.161 e. The lowest BCUT2D eigenvalue weighted by atomic mass is 9.43.